The normalized spacial score (nSPS) is 16.7. The first-order valence-electron chi connectivity index (χ1n) is 9.12. The minimum atomic E-state index is -0.308. The second-order valence-electron chi connectivity index (χ2n) is 7.24. The number of hydrogen-bond acceptors (Lipinski definition) is 4. The molecule has 0 aliphatic carbocycles. The number of nitrogens with zero attached hydrogens (tertiary/aromatic N) is 1. The van der Waals surface area contributed by atoms with Crippen LogP contribution in [-0.4, -0.2) is 49.3 Å². The van der Waals surface area contributed by atoms with Crippen LogP contribution in [0.1, 0.15) is 30.3 Å². The Bertz CT molecular complexity index is 728. The summed E-state index contributed by atoms with van der Waals surface area (Å²) in [5, 5.41) is 7.98. The molecule has 3 rings (SSSR count). The van der Waals surface area contributed by atoms with E-state index in [0.29, 0.717) is 6.54 Å². The molecule has 1 atom stereocenters. The fraction of sp³-hybridized carbons (Fsp3) is 0.450. The van der Waals surface area contributed by atoms with Gasteiger partial charge >= 0.3 is 6.03 Å². The van der Waals surface area contributed by atoms with Crippen LogP contribution in [0.3, 0.4) is 0 Å². The highest BCUT2D eigenvalue weighted by atomic mass is 32.1. The molecule has 1 aromatic heterocycles. The first-order chi connectivity index (χ1) is 13.0. The molecule has 1 aliphatic rings. The molecule has 146 valence electrons. The van der Waals surface area contributed by atoms with E-state index in [-0.39, 0.29) is 23.4 Å². The SMILES string of the molecule is CC(C)(CNC(=O)N[C@@H](c1ccc(F)cc1)c1cccs1)N1CCOCC1. The van der Waals surface area contributed by atoms with Gasteiger partial charge in [-0.2, -0.15) is 0 Å². The number of nitrogens with one attached hydrogen (secondary N) is 2. The number of carbonyl (C=O) groups excluding carboxylic acids is 1. The average Bonchev–Trinajstić information content (AvgIpc) is 3.21. The predicted molar refractivity (Wildman–Crippen MR) is 106 cm³/mol. The fourth-order valence-corrected chi connectivity index (χ4v) is 3.99. The number of urea groups is 1. The highest BCUT2D eigenvalue weighted by Crippen LogP contribution is 2.26. The smallest absolute Gasteiger partial charge is 0.315 e. The number of amides is 2. The fourth-order valence-electron chi connectivity index (χ4n) is 3.19. The lowest BCUT2D eigenvalue weighted by atomic mass is 10.0. The van der Waals surface area contributed by atoms with Gasteiger partial charge in [0.15, 0.2) is 0 Å². The Hall–Kier alpha value is -1.96. The highest BCUT2D eigenvalue weighted by Gasteiger charge is 2.29. The molecule has 2 heterocycles. The largest absolute Gasteiger partial charge is 0.379 e. The minimum Gasteiger partial charge on any atom is -0.379 e. The summed E-state index contributed by atoms with van der Waals surface area (Å²) in [5.74, 6) is -0.291. The van der Waals surface area contributed by atoms with Crippen LogP contribution in [0.2, 0.25) is 0 Å². The van der Waals surface area contributed by atoms with E-state index in [1.807, 2.05) is 17.5 Å². The van der Waals surface area contributed by atoms with Crippen molar-refractivity contribution in [1.82, 2.24) is 15.5 Å². The predicted octanol–water partition coefficient (Wildman–Crippen LogP) is 3.39. The van der Waals surface area contributed by atoms with E-state index in [0.717, 1.165) is 36.7 Å². The number of morpholine rings is 1. The number of hydrogen-bond donors (Lipinski definition) is 2. The van der Waals surface area contributed by atoms with E-state index in [1.54, 1.807) is 23.5 Å². The number of ether oxygens (including phenoxy) is 1. The van der Waals surface area contributed by atoms with Crippen molar-refractivity contribution in [2.75, 3.05) is 32.8 Å². The van der Waals surface area contributed by atoms with Gasteiger partial charge in [-0.05, 0) is 43.0 Å². The van der Waals surface area contributed by atoms with Crippen molar-refractivity contribution < 1.29 is 13.9 Å². The Balaban J connectivity index is 1.63. The molecule has 0 radical (unpaired) electrons. The second-order valence-corrected chi connectivity index (χ2v) is 8.22. The Kier molecular flexibility index (Phi) is 6.46. The number of carbonyl (C=O) groups is 1. The van der Waals surface area contributed by atoms with Crippen molar-refractivity contribution in [2.45, 2.75) is 25.4 Å². The maximum Gasteiger partial charge on any atom is 0.315 e. The molecule has 5 nitrogen and oxygen atoms in total. The summed E-state index contributed by atoms with van der Waals surface area (Å²) in [4.78, 5) is 15.9. The summed E-state index contributed by atoms with van der Waals surface area (Å²) in [6.45, 7) is 7.94. The van der Waals surface area contributed by atoms with Gasteiger partial charge in [0.2, 0.25) is 0 Å². The van der Waals surface area contributed by atoms with Gasteiger partial charge < -0.3 is 15.4 Å². The molecule has 0 saturated carbocycles. The number of rotatable bonds is 6. The molecule has 1 fully saturated rings. The summed E-state index contributed by atoms with van der Waals surface area (Å²) in [7, 11) is 0. The average molecular weight is 392 g/mol. The van der Waals surface area contributed by atoms with Crippen LogP contribution in [0.5, 0.6) is 0 Å². The molecule has 1 aromatic carbocycles. The van der Waals surface area contributed by atoms with Crippen LogP contribution in [0.25, 0.3) is 0 Å². The van der Waals surface area contributed by atoms with Crippen LogP contribution in [0, 0.1) is 5.82 Å². The number of benzene rings is 1. The molecule has 7 heteroatoms. The molecule has 0 bridgehead atoms. The third kappa shape index (κ3) is 5.28. The van der Waals surface area contributed by atoms with Crippen LogP contribution in [0.15, 0.2) is 41.8 Å². The Morgan fingerprint density at radius 1 is 1.26 bits per heavy atom. The van der Waals surface area contributed by atoms with E-state index in [1.165, 1.54) is 12.1 Å². The topological polar surface area (TPSA) is 53.6 Å². The van der Waals surface area contributed by atoms with Gasteiger partial charge in [-0.15, -0.1) is 11.3 Å². The van der Waals surface area contributed by atoms with Gasteiger partial charge in [0.05, 0.1) is 19.3 Å². The first kappa shape index (κ1) is 19.8. The van der Waals surface area contributed by atoms with Gasteiger partial charge in [-0.25, -0.2) is 9.18 Å². The minimum absolute atomic E-state index is 0.157. The third-order valence-corrected chi connectivity index (χ3v) is 5.79. The molecule has 0 unspecified atom stereocenters. The number of halogens is 1. The molecule has 2 N–H and O–H groups in total. The zero-order chi connectivity index (χ0) is 19.3. The summed E-state index contributed by atoms with van der Waals surface area (Å²) < 4.78 is 18.7. The summed E-state index contributed by atoms with van der Waals surface area (Å²) in [6, 6.07) is 9.61. The van der Waals surface area contributed by atoms with Crippen LogP contribution < -0.4 is 10.6 Å². The Morgan fingerprint density at radius 2 is 1.96 bits per heavy atom. The molecule has 1 saturated heterocycles. The van der Waals surface area contributed by atoms with E-state index >= 15 is 0 Å². The van der Waals surface area contributed by atoms with Crippen molar-refractivity contribution in [2.24, 2.45) is 0 Å². The van der Waals surface area contributed by atoms with Gasteiger partial charge in [-0.3, -0.25) is 4.90 Å². The van der Waals surface area contributed by atoms with Gasteiger partial charge in [0.25, 0.3) is 0 Å². The van der Waals surface area contributed by atoms with Crippen LogP contribution >= 0.6 is 11.3 Å². The zero-order valence-electron chi connectivity index (χ0n) is 15.7. The molecule has 2 aromatic rings. The lowest BCUT2D eigenvalue weighted by Gasteiger charge is -2.40. The maximum absolute atomic E-state index is 13.3. The molecular formula is C20H26FN3O2S. The molecular weight excluding hydrogens is 365 g/mol. The van der Waals surface area contributed by atoms with Crippen molar-refractivity contribution in [1.29, 1.82) is 0 Å². The Labute approximate surface area is 163 Å². The van der Waals surface area contributed by atoms with Crippen molar-refractivity contribution in [3.05, 3.63) is 58.0 Å². The van der Waals surface area contributed by atoms with Crippen molar-refractivity contribution >= 4 is 17.4 Å². The maximum atomic E-state index is 13.3. The van der Waals surface area contributed by atoms with E-state index in [2.05, 4.69) is 29.4 Å². The second kappa shape index (κ2) is 8.82. The van der Waals surface area contributed by atoms with Crippen molar-refractivity contribution in [3.63, 3.8) is 0 Å². The standard InChI is InChI=1S/C20H26FN3O2S/c1-20(2,24-9-11-26-12-10-24)14-22-19(25)23-18(17-4-3-13-27-17)15-5-7-16(21)8-6-15/h3-8,13,18H,9-12,14H2,1-2H3,(H2,22,23,25)/t18-/m0/s1. The monoisotopic (exact) mass is 391 g/mol. The zero-order valence-corrected chi connectivity index (χ0v) is 16.5. The molecule has 2 amide bonds. The van der Waals surface area contributed by atoms with Crippen LogP contribution in [-0.2, 0) is 4.74 Å². The molecule has 27 heavy (non-hydrogen) atoms. The van der Waals surface area contributed by atoms with Gasteiger partial charge in [0.1, 0.15) is 5.82 Å². The quantitative estimate of drug-likeness (QED) is 0.794. The lowest BCUT2D eigenvalue weighted by Crippen LogP contribution is -2.56. The summed E-state index contributed by atoms with van der Waals surface area (Å²) in [6.07, 6.45) is 0. The molecule has 1 aliphatic heterocycles. The van der Waals surface area contributed by atoms with Gasteiger partial charge in [-0.1, -0.05) is 18.2 Å². The van der Waals surface area contributed by atoms with E-state index in [4.69, 9.17) is 4.74 Å². The molecule has 0 spiro atoms. The highest BCUT2D eigenvalue weighted by molar-refractivity contribution is 7.10. The van der Waals surface area contributed by atoms with E-state index < -0.39 is 0 Å². The Morgan fingerprint density at radius 3 is 2.59 bits per heavy atom. The first-order valence-corrected chi connectivity index (χ1v) is 10.00. The lowest BCUT2D eigenvalue weighted by molar-refractivity contribution is -0.00875. The van der Waals surface area contributed by atoms with Crippen LogP contribution in [0.4, 0.5) is 9.18 Å². The van der Waals surface area contributed by atoms with E-state index in [9.17, 15) is 9.18 Å². The van der Waals surface area contributed by atoms with Gasteiger partial charge in [0, 0.05) is 30.1 Å². The van der Waals surface area contributed by atoms with Crippen molar-refractivity contribution in [3.8, 4) is 0 Å². The number of thiophene rings is 1. The summed E-state index contributed by atoms with van der Waals surface area (Å²) in [5.41, 5.74) is 0.691. The third-order valence-electron chi connectivity index (χ3n) is 4.86. The summed E-state index contributed by atoms with van der Waals surface area (Å²) >= 11 is 1.56.